The summed E-state index contributed by atoms with van der Waals surface area (Å²) >= 11 is 2.72. The summed E-state index contributed by atoms with van der Waals surface area (Å²) in [6.07, 6.45) is 4.15. The maximum absolute atomic E-state index is 10.6. The Labute approximate surface area is 65.0 Å². The van der Waals surface area contributed by atoms with Gasteiger partial charge in [-0.05, 0) is 12.7 Å². The highest BCUT2D eigenvalue weighted by Crippen LogP contribution is 2.14. The van der Waals surface area contributed by atoms with Crippen molar-refractivity contribution in [3.05, 3.63) is 0 Å². The van der Waals surface area contributed by atoms with Crippen molar-refractivity contribution in [2.24, 2.45) is 0 Å². The molecule has 0 fully saturated rings. The fraction of sp³-hybridized carbons (Fsp3) is 0.833. The summed E-state index contributed by atoms with van der Waals surface area (Å²) in [5, 5.41) is 0. The zero-order chi connectivity index (χ0) is 7.11. The molecule has 0 aromatic heterocycles. The van der Waals surface area contributed by atoms with Gasteiger partial charge in [0.05, 0.1) is 0 Å². The average molecular weight is 164 g/mol. The first-order valence-electron chi connectivity index (χ1n) is 3.02. The summed E-state index contributed by atoms with van der Waals surface area (Å²) in [5.41, 5.74) is 0. The lowest BCUT2D eigenvalue weighted by Crippen LogP contribution is -1.82. The molecule has 0 atom stereocenters. The fourth-order valence-corrected chi connectivity index (χ4v) is 1.68. The molecule has 0 unspecified atom stereocenters. The predicted molar refractivity (Wildman–Crippen MR) is 46.3 cm³/mol. The molecule has 0 aliphatic rings. The van der Waals surface area contributed by atoms with Gasteiger partial charge < -0.3 is 0 Å². The third kappa shape index (κ3) is 6.25. The maximum atomic E-state index is 10.6. The highest BCUT2D eigenvalue weighted by Gasteiger charge is 1.96. The Hall–Kier alpha value is 0.370. The summed E-state index contributed by atoms with van der Waals surface area (Å²) < 4.78 is 0.239. The van der Waals surface area contributed by atoms with Gasteiger partial charge in [0.1, 0.15) is 0 Å². The molecule has 0 N–H and O–H groups in total. The van der Waals surface area contributed by atoms with E-state index in [1.165, 1.54) is 29.9 Å². The molecular weight excluding hydrogens is 152 g/mol. The highest BCUT2D eigenvalue weighted by molar-refractivity contribution is 8.38. The Morgan fingerprint density at radius 3 is 2.67 bits per heavy atom. The number of hydrogen-bond donors (Lipinski definition) is 0. The van der Waals surface area contributed by atoms with Crippen molar-refractivity contribution in [3.63, 3.8) is 0 Å². The standard InChI is InChI=1S/C6H12OS2/c1-3-4-5-9-6(7)8-2/h3-5H2,1-2H3. The Kier molecular flexibility index (Phi) is 6.76. The molecule has 1 nitrogen and oxygen atoms in total. The van der Waals surface area contributed by atoms with Crippen LogP contribution in [0.1, 0.15) is 19.8 Å². The third-order valence-corrected chi connectivity index (χ3v) is 2.80. The molecule has 0 aliphatic heterocycles. The summed E-state index contributed by atoms with van der Waals surface area (Å²) in [6, 6.07) is 0. The summed E-state index contributed by atoms with van der Waals surface area (Å²) in [6.45, 7) is 2.13. The number of hydrogen-bond acceptors (Lipinski definition) is 3. The van der Waals surface area contributed by atoms with E-state index >= 15 is 0 Å². The molecule has 0 heterocycles. The van der Waals surface area contributed by atoms with Crippen LogP contribution in [-0.2, 0) is 0 Å². The zero-order valence-electron chi connectivity index (χ0n) is 5.85. The molecule has 0 amide bonds. The SMILES string of the molecule is CCCCSC(=O)SC. The molecule has 0 saturated heterocycles. The molecule has 0 rings (SSSR count). The first kappa shape index (κ1) is 9.37. The van der Waals surface area contributed by atoms with E-state index in [1.807, 2.05) is 6.26 Å². The minimum Gasteiger partial charge on any atom is -0.274 e. The zero-order valence-corrected chi connectivity index (χ0v) is 7.48. The van der Waals surface area contributed by atoms with Gasteiger partial charge in [0, 0.05) is 5.75 Å². The van der Waals surface area contributed by atoms with E-state index in [9.17, 15) is 4.79 Å². The lowest BCUT2D eigenvalue weighted by molar-refractivity contribution is 0.276. The van der Waals surface area contributed by atoms with E-state index in [1.54, 1.807) is 0 Å². The third-order valence-electron chi connectivity index (χ3n) is 0.884. The second-order valence-corrected chi connectivity index (χ2v) is 3.76. The molecule has 0 bridgehead atoms. The number of rotatable bonds is 3. The largest absolute Gasteiger partial charge is 0.274 e. The van der Waals surface area contributed by atoms with Crippen LogP contribution >= 0.6 is 23.5 Å². The molecule has 0 aromatic carbocycles. The van der Waals surface area contributed by atoms with Crippen LogP contribution in [0.15, 0.2) is 0 Å². The van der Waals surface area contributed by atoms with Gasteiger partial charge >= 0.3 is 0 Å². The van der Waals surface area contributed by atoms with Crippen molar-refractivity contribution >= 4 is 28.0 Å². The number of unbranched alkanes of at least 4 members (excludes halogenated alkanes) is 1. The summed E-state index contributed by atoms with van der Waals surface area (Å²) in [5.74, 6) is 0.982. The maximum Gasteiger partial charge on any atom is 0.245 e. The Morgan fingerprint density at radius 1 is 1.56 bits per heavy atom. The molecule has 0 spiro atoms. The van der Waals surface area contributed by atoms with E-state index in [4.69, 9.17) is 0 Å². The van der Waals surface area contributed by atoms with Gasteiger partial charge in [-0.15, -0.1) is 0 Å². The normalized spacial score (nSPS) is 9.56. The van der Waals surface area contributed by atoms with Crippen molar-refractivity contribution in [1.29, 1.82) is 0 Å². The fourth-order valence-electron chi connectivity index (χ4n) is 0.359. The van der Waals surface area contributed by atoms with Crippen LogP contribution < -0.4 is 0 Å². The summed E-state index contributed by atoms with van der Waals surface area (Å²) in [7, 11) is 0. The predicted octanol–water partition coefficient (Wildman–Crippen LogP) is 3.00. The van der Waals surface area contributed by atoms with Crippen LogP contribution in [0.5, 0.6) is 0 Å². The van der Waals surface area contributed by atoms with Gasteiger partial charge in [-0.1, -0.05) is 36.9 Å². The lowest BCUT2D eigenvalue weighted by Gasteiger charge is -1.93. The van der Waals surface area contributed by atoms with Crippen molar-refractivity contribution in [2.75, 3.05) is 12.0 Å². The van der Waals surface area contributed by atoms with Crippen LogP contribution in [0.3, 0.4) is 0 Å². The Morgan fingerprint density at radius 2 is 2.22 bits per heavy atom. The first-order chi connectivity index (χ1) is 4.31. The molecule has 9 heavy (non-hydrogen) atoms. The second-order valence-electron chi connectivity index (χ2n) is 1.66. The first-order valence-corrected chi connectivity index (χ1v) is 5.23. The molecule has 0 saturated carbocycles. The molecule has 0 radical (unpaired) electrons. The van der Waals surface area contributed by atoms with Gasteiger partial charge in [-0.3, -0.25) is 4.79 Å². The number of thioether (sulfide) groups is 2. The topological polar surface area (TPSA) is 17.1 Å². The highest BCUT2D eigenvalue weighted by atomic mass is 32.2. The summed E-state index contributed by atoms with van der Waals surface area (Å²) in [4.78, 5) is 10.6. The average Bonchev–Trinajstić information content (AvgIpc) is 1.89. The Bertz CT molecular complexity index is 83.1. The van der Waals surface area contributed by atoms with Gasteiger partial charge in [-0.2, -0.15) is 0 Å². The number of carbonyl (C=O) groups excluding carboxylic acids is 1. The Balaban J connectivity index is 2.97. The van der Waals surface area contributed by atoms with Gasteiger partial charge in [0.25, 0.3) is 0 Å². The van der Waals surface area contributed by atoms with Crippen LogP contribution in [0, 0.1) is 0 Å². The van der Waals surface area contributed by atoms with Crippen molar-refractivity contribution in [3.8, 4) is 0 Å². The lowest BCUT2D eigenvalue weighted by atomic mass is 10.4. The number of carbonyl (C=O) groups is 1. The minimum absolute atomic E-state index is 0.239. The van der Waals surface area contributed by atoms with Crippen molar-refractivity contribution in [1.82, 2.24) is 0 Å². The van der Waals surface area contributed by atoms with E-state index in [0.29, 0.717) is 0 Å². The van der Waals surface area contributed by atoms with Crippen molar-refractivity contribution < 1.29 is 4.79 Å². The molecule has 0 aromatic rings. The second kappa shape index (κ2) is 6.49. The van der Waals surface area contributed by atoms with Gasteiger partial charge in [0.2, 0.25) is 4.45 Å². The van der Waals surface area contributed by atoms with Crippen LogP contribution in [0.25, 0.3) is 0 Å². The van der Waals surface area contributed by atoms with E-state index in [-0.39, 0.29) is 4.45 Å². The van der Waals surface area contributed by atoms with Crippen LogP contribution in [0.4, 0.5) is 4.79 Å². The van der Waals surface area contributed by atoms with Crippen LogP contribution in [-0.4, -0.2) is 16.5 Å². The van der Waals surface area contributed by atoms with E-state index in [2.05, 4.69) is 6.92 Å². The van der Waals surface area contributed by atoms with E-state index < -0.39 is 0 Å². The monoisotopic (exact) mass is 164 g/mol. The van der Waals surface area contributed by atoms with Crippen molar-refractivity contribution in [2.45, 2.75) is 19.8 Å². The molecular formula is C6H12OS2. The molecule has 3 heteroatoms. The van der Waals surface area contributed by atoms with Gasteiger partial charge in [-0.25, -0.2) is 0 Å². The van der Waals surface area contributed by atoms with Gasteiger partial charge in [0.15, 0.2) is 0 Å². The quantitative estimate of drug-likeness (QED) is 0.597. The van der Waals surface area contributed by atoms with E-state index in [0.717, 1.165) is 12.2 Å². The molecule has 0 aliphatic carbocycles. The molecule has 54 valence electrons. The minimum atomic E-state index is 0.239. The smallest absolute Gasteiger partial charge is 0.245 e. The van der Waals surface area contributed by atoms with Crippen LogP contribution in [0.2, 0.25) is 0 Å².